The molecule has 0 saturated heterocycles. The van der Waals surface area contributed by atoms with E-state index in [2.05, 4.69) is 4.98 Å². The van der Waals surface area contributed by atoms with Crippen LogP contribution in [0.1, 0.15) is 28.4 Å². The van der Waals surface area contributed by atoms with Crippen LogP contribution in [0.25, 0.3) is 22.6 Å². The molecule has 0 spiro atoms. The topological polar surface area (TPSA) is 66.6 Å². The van der Waals surface area contributed by atoms with Crippen molar-refractivity contribution in [3.63, 3.8) is 0 Å². The van der Waals surface area contributed by atoms with E-state index >= 15 is 0 Å². The number of carbonyl (C=O) groups is 1. The molecule has 1 heterocycles. The van der Waals surface area contributed by atoms with Crippen molar-refractivity contribution in [1.29, 1.82) is 0 Å². The molecule has 0 aliphatic rings. The molecule has 0 bridgehead atoms. The van der Waals surface area contributed by atoms with Gasteiger partial charge in [0.25, 0.3) is 5.91 Å². The van der Waals surface area contributed by atoms with Crippen molar-refractivity contribution in [2.45, 2.75) is 12.5 Å². The van der Waals surface area contributed by atoms with Crippen LogP contribution in [-0.4, -0.2) is 34.5 Å². The molecule has 0 unspecified atom stereocenters. The predicted octanol–water partition coefficient (Wildman–Crippen LogP) is 4.83. The van der Waals surface area contributed by atoms with Crippen molar-refractivity contribution in [2.75, 3.05) is 13.6 Å². The number of aromatic nitrogens is 1. The van der Waals surface area contributed by atoms with Crippen molar-refractivity contribution in [3.8, 4) is 11.5 Å². The molecule has 3 aromatic carbocycles. The lowest BCUT2D eigenvalue weighted by Crippen LogP contribution is -2.28. The minimum atomic E-state index is -0.631. The minimum absolute atomic E-state index is 0.174. The van der Waals surface area contributed by atoms with Crippen LogP contribution in [0.2, 0.25) is 0 Å². The SMILES string of the molecule is CN(CC[C@H](O)c1ccccc1)C(=O)c1ccc2oc(-c3cccc(F)c3)nc2c1. The van der Waals surface area contributed by atoms with Crippen LogP contribution in [-0.2, 0) is 0 Å². The van der Waals surface area contributed by atoms with E-state index in [4.69, 9.17) is 4.42 Å². The fourth-order valence-electron chi connectivity index (χ4n) is 3.29. The summed E-state index contributed by atoms with van der Waals surface area (Å²) in [6, 6.07) is 20.4. The molecule has 30 heavy (non-hydrogen) atoms. The zero-order valence-corrected chi connectivity index (χ0v) is 16.5. The number of hydrogen-bond acceptors (Lipinski definition) is 4. The molecule has 0 aliphatic carbocycles. The van der Waals surface area contributed by atoms with Gasteiger partial charge in [-0.25, -0.2) is 9.37 Å². The summed E-state index contributed by atoms with van der Waals surface area (Å²) < 4.78 is 19.2. The number of halogens is 1. The highest BCUT2D eigenvalue weighted by Crippen LogP contribution is 2.26. The number of hydrogen-bond donors (Lipinski definition) is 1. The van der Waals surface area contributed by atoms with Gasteiger partial charge in [-0.3, -0.25) is 4.79 Å². The number of oxazole rings is 1. The fraction of sp³-hybridized carbons (Fsp3) is 0.167. The van der Waals surface area contributed by atoms with E-state index < -0.39 is 6.10 Å². The molecule has 4 aromatic rings. The molecule has 5 nitrogen and oxygen atoms in total. The lowest BCUT2D eigenvalue weighted by molar-refractivity contribution is 0.0761. The molecule has 152 valence electrons. The Bertz CT molecular complexity index is 1170. The Kier molecular flexibility index (Phi) is 5.59. The molecule has 4 rings (SSSR count). The van der Waals surface area contributed by atoms with E-state index in [0.717, 1.165) is 5.56 Å². The van der Waals surface area contributed by atoms with Crippen LogP contribution in [0, 0.1) is 5.82 Å². The largest absolute Gasteiger partial charge is 0.436 e. The third-order valence-corrected chi connectivity index (χ3v) is 4.98. The van der Waals surface area contributed by atoms with Gasteiger partial charge in [-0.15, -0.1) is 0 Å². The predicted molar refractivity (Wildman–Crippen MR) is 112 cm³/mol. The molecule has 1 amide bonds. The first-order valence-corrected chi connectivity index (χ1v) is 9.66. The maximum absolute atomic E-state index is 13.5. The van der Waals surface area contributed by atoms with Gasteiger partial charge in [0.15, 0.2) is 5.58 Å². The number of benzene rings is 3. The second-order valence-electron chi connectivity index (χ2n) is 7.15. The van der Waals surface area contributed by atoms with E-state index in [1.165, 1.54) is 12.1 Å². The van der Waals surface area contributed by atoms with Gasteiger partial charge in [-0.1, -0.05) is 36.4 Å². The van der Waals surface area contributed by atoms with E-state index in [9.17, 15) is 14.3 Å². The lowest BCUT2D eigenvalue weighted by Gasteiger charge is -2.19. The smallest absolute Gasteiger partial charge is 0.253 e. The molecule has 1 aromatic heterocycles. The quantitative estimate of drug-likeness (QED) is 0.500. The molecule has 0 fully saturated rings. The molecule has 0 radical (unpaired) electrons. The number of amides is 1. The standard InChI is InChI=1S/C24H21FN2O3/c1-27(13-12-21(28)16-6-3-2-4-7-16)24(29)18-10-11-22-20(15-18)26-23(30-22)17-8-5-9-19(25)14-17/h2-11,14-15,21,28H,12-13H2,1H3/t21-/m0/s1. The zero-order valence-electron chi connectivity index (χ0n) is 16.5. The second-order valence-corrected chi connectivity index (χ2v) is 7.15. The Morgan fingerprint density at radius 1 is 1.10 bits per heavy atom. The van der Waals surface area contributed by atoms with Crippen LogP contribution in [0.5, 0.6) is 0 Å². The zero-order chi connectivity index (χ0) is 21.1. The van der Waals surface area contributed by atoms with Gasteiger partial charge in [-0.2, -0.15) is 0 Å². The third kappa shape index (κ3) is 4.23. The van der Waals surface area contributed by atoms with Crippen molar-refractivity contribution in [1.82, 2.24) is 9.88 Å². The van der Waals surface area contributed by atoms with Crippen LogP contribution < -0.4 is 0 Å². The number of carbonyl (C=O) groups excluding carboxylic acids is 1. The summed E-state index contributed by atoms with van der Waals surface area (Å²) in [7, 11) is 1.70. The van der Waals surface area contributed by atoms with E-state index in [0.29, 0.717) is 41.1 Å². The highest BCUT2D eigenvalue weighted by Gasteiger charge is 2.17. The van der Waals surface area contributed by atoms with Gasteiger partial charge in [0.2, 0.25) is 5.89 Å². The molecule has 1 atom stereocenters. The van der Waals surface area contributed by atoms with Crippen molar-refractivity contribution in [2.24, 2.45) is 0 Å². The van der Waals surface area contributed by atoms with Gasteiger partial charge in [0.1, 0.15) is 11.3 Å². The Morgan fingerprint density at radius 2 is 1.90 bits per heavy atom. The first-order chi connectivity index (χ1) is 14.5. The number of fused-ring (bicyclic) bond motifs is 1. The fourth-order valence-corrected chi connectivity index (χ4v) is 3.29. The van der Waals surface area contributed by atoms with Crippen LogP contribution in [0.4, 0.5) is 4.39 Å². The Morgan fingerprint density at radius 3 is 2.67 bits per heavy atom. The first-order valence-electron chi connectivity index (χ1n) is 9.66. The van der Waals surface area contributed by atoms with E-state index in [-0.39, 0.29) is 11.7 Å². The summed E-state index contributed by atoms with van der Waals surface area (Å²) >= 11 is 0. The van der Waals surface area contributed by atoms with E-state index in [1.54, 1.807) is 42.3 Å². The summed E-state index contributed by atoms with van der Waals surface area (Å²) in [4.78, 5) is 18.8. The molecular weight excluding hydrogens is 383 g/mol. The highest BCUT2D eigenvalue weighted by molar-refractivity contribution is 5.97. The average molecular weight is 404 g/mol. The van der Waals surface area contributed by atoms with Crippen molar-refractivity contribution >= 4 is 17.0 Å². The number of rotatable bonds is 6. The summed E-state index contributed by atoms with van der Waals surface area (Å²) in [5, 5.41) is 10.3. The van der Waals surface area contributed by atoms with Gasteiger partial charge >= 0.3 is 0 Å². The van der Waals surface area contributed by atoms with Gasteiger partial charge in [-0.05, 0) is 48.4 Å². The average Bonchev–Trinajstić information content (AvgIpc) is 3.21. The summed E-state index contributed by atoms with van der Waals surface area (Å²) in [5.41, 5.74) is 2.88. The van der Waals surface area contributed by atoms with Gasteiger partial charge < -0.3 is 14.4 Å². The number of aliphatic hydroxyl groups is 1. The second kappa shape index (κ2) is 8.47. The normalized spacial score (nSPS) is 12.1. The monoisotopic (exact) mass is 404 g/mol. The first kappa shape index (κ1) is 19.8. The highest BCUT2D eigenvalue weighted by atomic mass is 19.1. The Labute approximate surface area is 173 Å². The van der Waals surface area contributed by atoms with Crippen LogP contribution in [0.15, 0.2) is 77.2 Å². The molecule has 1 N–H and O–H groups in total. The van der Waals surface area contributed by atoms with E-state index in [1.807, 2.05) is 30.3 Å². The minimum Gasteiger partial charge on any atom is -0.436 e. The summed E-state index contributed by atoms with van der Waals surface area (Å²) in [6.07, 6.45) is -0.198. The van der Waals surface area contributed by atoms with Crippen LogP contribution in [0.3, 0.4) is 0 Å². The third-order valence-electron chi connectivity index (χ3n) is 4.98. The number of nitrogens with zero attached hydrogens (tertiary/aromatic N) is 2. The maximum atomic E-state index is 13.5. The maximum Gasteiger partial charge on any atom is 0.253 e. The van der Waals surface area contributed by atoms with Crippen molar-refractivity contribution in [3.05, 3.63) is 89.7 Å². The Balaban J connectivity index is 1.47. The Hall–Kier alpha value is -3.51. The van der Waals surface area contributed by atoms with Crippen LogP contribution >= 0.6 is 0 Å². The van der Waals surface area contributed by atoms with Crippen molar-refractivity contribution < 1.29 is 18.7 Å². The van der Waals surface area contributed by atoms with Gasteiger partial charge in [0.05, 0.1) is 6.10 Å². The molecular formula is C24H21FN2O3. The molecule has 0 saturated carbocycles. The number of aliphatic hydroxyl groups excluding tert-OH is 1. The summed E-state index contributed by atoms with van der Waals surface area (Å²) in [6.45, 7) is 0.403. The lowest BCUT2D eigenvalue weighted by atomic mass is 10.1. The van der Waals surface area contributed by atoms with Gasteiger partial charge in [0, 0.05) is 24.7 Å². The molecule has 6 heteroatoms. The summed E-state index contributed by atoms with van der Waals surface area (Å²) in [5.74, 6) is -0.245. The molecule has 0 aliphatic heterocycles.